The minimum absolute atomic E-state index is 0.0426. The number of hydrogen-bond donors (Lipinski definition) is 1. The van der Waals surface area contributed by atoms with Crippen LogP contribution in [-0.4, -0.2) is 30.9 Å². The van der Waals surface area contributed by atoms with Gasteiger partial charge in [-0.15, -0.1) is 0 Å². The van der Waals surface area contributed by atoms with Gasteiger partial charge in [0.2, 0.25) is 0 Å². The molecule has 1 fully saturated rings. The summed E-state index contributed by atoms with van der Waals surface area (Å²) in [5.41, 5.74) is -1.97. The van der Waals surface area contributed by atoms with Gasteiger partial charge in [-0.25, -0.2) is 8.42 Å². The topological polar surface area (TPSA) is 89.3 Å². The minimum Gasteiger partial charge on any atom is -0.376 e. The van der Waals surface area contributed by atoms with Gasteiger partial charge in [-0.3, -0.25) is 10.1 Å². The Bertz CT molecular complexity index is 673. The van der Waals surface area contributed by atoms with E-state index in [0.29, 0.717) is 6.07 Å². The molecule has 0 aromatic heterocycles. The van der Waals surface area contributed by atoms with Gasteiger partial charge in [0, 0.05) is 12.1 Å². The van der Waals surface area contributed by atoms with E-state index in [0.717, 1.165) is 12.1 Å². The first kappa shape index (κ1) is 15.5. The molecule has 0 spiro atoms. The Kier molecular flexibility index (Phi) is 3.83. The van der Waals surface area contributed by atoms with Crippen molar-refractivity contribution in [3.8, 4) is 0 Å². The lowest BCUT2D eigenvalue weighted by molar-refractivity contribution is -0.384. The summed E-state index contributed by atoms with van der Waals surface area (Å²) in [5, 5.41) is 13.5. The number of nitrogens with one attached hydrogen (secondary N) is 1. The van der Waals surface area contributed by atoms with Crippen LogP contribution in [0.1, 0.15) is 12.0 Å². The molecular formula is C11H11F3N2O4S. The number of anilines is 1. The van der Waals surface area contributed by atoms with Crippen LogP contribution in [0.2, 0.25) is 0 Å². The Morgan fingerprint density at radius 3 is 2.48 bits per heavy atom. The van der Waals surface area contributed by atoms with Crippen LogP contribution in [0.4, 0.5) is 24.5 Å². The molecule has 1 N–H and O–H groups in total. The molecule has 1 aliphatic heterocycles. The summed E-state index contributed by atoms with van der Waals surface area (Å²) in [6.45, 7) is 0. The lowest BCUT2D eigenvalue weighted by Crippen LogP contribution is -2.21. The summed E-state index contributed by atoms with van der Waals surface area (Å²) in [4.78, 5) is 9.95. The van der Waals surface area contributed by atoms with Crippen molar-refractivity contribution in [2.24, 2.45) is 0 Å². The number of alkyl halides is 3. The van der Waals surface area contributed by atoms with Crippen LogP contribution in [0.15, 0.2) is 18.2 Å². The van der Waals surface area contributed by atoms with Crippen LogP contribution in [0.3, 0.4) is 0 Å². The number of sulfone groups is 1. The molecule has 0 unspecified atom stereocenters. The molecule has 1 atom stereocenters. The van der Waals surface area contributed by atoms with Crippen LogP contribution in [-0.2, 0) is 16.0 Å². The van der Waals surface area contributed by atoms with E-state index in [-0.39, 0.29) is 23.6 Å². The molecule has 1 saturated heterocycles. The molecule has 10 heteroatoms. The predicted octanol–water partition coefficient (Wildman–Crippen LogP) is 2.21. The Balaban J connectivity index is 2.30. The standard InChI is InChI=1S/C11H11F3N2O4S/c12-11(13,14)7-1-2-9(10(5-7)16(17)18)15-8-3-4-21(19,20)6-8/h1-2,5,8,15H,3-4,6H2/t8-/m1/s1. The molecule has 0 aliphatic carbocycles. The lowest BCUT2D eigenvalue weighted by Gasteiger charge is -2.14. The number of nitro groups is 1. The molecule has 6 nitrogen and oxygen atoms in total. The van der Waals surface area contributed by atoms with Gasteiger partial charge in [0.1, 0.15) is 5.69 Å². The highest BCUT2D eigenvalue weighted by Crippen LogP contribution is 2.35. The summed E-state index contributed by atoms with van der Waals surface area (Å²) in [6.07, 6.45) is -4.42. The SMILES string of the molecule is O=[N+]([O-])c1cc(C(F)(F)F)ccc1N[C@@H]1CCS(=O)(=O)C1. The van der Waals surface area contributed by atoms with E-state index < -0.39 is 38.2 Å². The van der Waals surface area contributed by atoms with E-state index >= 15 is 0 Å². The molecule has 0 saturated carbocycles. The van der Waals surface area contributed by atoms with Gasteiger partial charge in [0.25, 0.3) is 5.69 Å². The fraction of sp³-hybridized carbons (Fsp3) is 0.455. The average molecular weight is 324 g/mol. The summed E-state index contributed by atoms with van der Waals surface area (Å²) in [5.74, 6) is -0.232. The summed E-state index contributed by atoms with van der Waals surface area (Å²) in [6, 6.07) is 1.57. The molecule has 1 aromatic rings. The van der Waals surface area contributed by atoms with Crippen molar-refractivity contribution in [2.45, 2.75) is 18.6 Å². The fourth-order valence-electron chi connectivity index (χ4n) is 2.11. The van der Waals surface area contributed by atoms with E-state index in [9.17, 15) is 31.7 Å². The second-order valence-corrected chi connectivity index (χ2v) is 6.96. The first-order chi connectivity index (χ1) is 9.58. The van der Waals surface area contributed by atoms with Crippen molar-refractivity contribution in [3.63, 3.8) is 0 Å². The third kappa shape index (κ3) is 3.63. The normalized spacial score (nSPS) is 21.2. The summed E-state index contributed by atoms with van der Waals surface area (Å²) < 4.78 is 60.3. The number of nitrogens with zero attached hydrogens (tertiary/aromatic N) is 1. The lowest BCUT2D eigenvalue weighted by atomic mass is 10.1. The second-order valence-electron chi connectivity index (χ2n) is 4.73. The maximum atomic E-state index is 12.5. The van der Waals surface area contributed by atoms with Gasteiger partial charge in [0.15, 0.2) is 9.84 Å². The number of hydrogen-bond acceptors (Lipinski definition) is 5. The van der Waals surface area contributed by atoms with E-state index in [1.54, 1.807) is 0 Å². The third-order valence-electron chi connectivity index (χ3n) is 3.11. The highest BCUT2D eigenvalue weighted by Gasteiger charge is 2.34. The molecule has 0 bridgehead atoms. The molecule has 0 radical (unpaired) electrons. The predicted molar refractivity (Wildman–Crippen MR) is 68.8 cm³/mol. The van der Waals surface area contributed by atoms with Crippen LogP contribution in [0, 0.1) is 10.1 Å². The molecule has 116 valence electrons. The number of halogens is 3. The van der Waals surface area contributed by atoms with Crippen LogP contribution < -0.4 is 5.32 Å². The van der Waals surface area contributed by atoms with Crippen LogP contribution >= 0.6 is 0 Å². The van der Waals surface area contributed by atoms with Crippen LogP contribution in [0.5, 0.6) is 0 Å². The number of rotatable bonds is 3. The zero-order chi connectivity index (χ0) is 15.8. The van der Waals surface area contributed by atoms with Gasteiger partial charge < -0.3 is 5.32 Å². The van der Waals surface area contributed by atoms with Crippen molar-refractivity contribution >= 4 is 21.2 Å². The molecule has 0 amide bonds. The Labute approximate surface area is 118 Å². The number of nitro benzene ring substituents is 1. The smallest absolute Gasteiger partial charge is 0.376 e. The minimum atomic E-state index is -4.68. The zero-order valence-corrected chi connectivity index (χ0v) is 11.4. The van der Waals surface area contributed by atoms with E-state index in [1.165, 1.54) is 0 Å². The monoisotopic (exact) mass is 324 g/mol. The van der Waals surface area contributed by atoms with E-state index in [2.05, 4.69) is 5.32 Å². The highest BCUT2D eigenvalue weighted by atomic mass is 32.2. The highest BCUT2D eigenvalue weighted by molar-refractivity contribution is 7.91. The Morgan fingerprint density at radius 1 is 1.33 bits per heavy atom. The molecule has 2 rings (SSSR count). The van der Waals surface area contributed by atoms with E-state index in [1.807, 2.05) is 0 Å². The van der Waals surface area contributed by atoms with E-state index in [4.69, 9.17) is 0 Å². The van der Waals surface area contributed by atoms with Crippen molar-refractivity contribution in [2.75, 3.05) is 16.8 Å². The molecular weight excluding hydrogens is 313 g/mol. The van der Waals surface area contributed by atoms with Crippen molar-refractivity contribution in [1.29, 1.82) is 0 Å². The van der Waals surface area contributed by atoms with Gasteiger partial charge in [-0.05, 0) is 18.6 Å². The first-order valence-electron chi connectivity index (χ1n) is 5.91. The van der Waals surface area contributed by atoms with Crippen molar-refractivity contribution < 1.29 is 26.5 Å². The largest absolute Gasteiger partial charge is 0.416 e. The molecule has 1 heterocycles. The zero-order valence-electron chi connectivity index (χ0n) is 10.6. The van der Waals surface area contributed by atoms with Crippen molar-refractivity contribution in [3.05, 3.63) is 33.9 Å². The van der Waals surface area contributed by atoms with Gasteiger partial charge >= 0.3 is 6.18 Å². The van der Waals surface area contributed by atoms with Gasteiger partial charge in [0.05, 0.1) is 22.0 Å². The fourth-order valence-corrected chi connectivity index (χ4v) is 3.78. The maximum Gasteiger partial charge on any atom is 0.416 e. The maximum absolute atomic E-state index is 12.5. The third-order valence-corrected chi connectivity index (χ3v) is 4.88. The Hall–Kier alpha value is -1.84. The van der Waals surface area contributed by atoms with Crippen LogP contribution in [0.25, 0.3) is 0 Å². The second kappa shape index (κ2) is 5.17. The first-order valence-corrected chi connectivity index (χ1v) is 7.73. The molecule has 1 aliphatic rings. The molecule has 1 aromatic carbocycles. The quantitative estimate of drug-likeness (QED) is 0.680. The van der Waals surface area contributed by atoms with Gasteiger partial charge in [-0.1, -0.05) is 0 Å². The summed E-state index contributed by atoms with van der Waals surface area (Å²) in [7, 11) is -3.19. The number of benzene rings is 1. The Morgan fingerprint density at radius 2 is 2.00 bits per heavy atom. The van der Waals surface area contributed by atoms with Crippen molar-refractivity contribution in [1.82, 2.24) is 0 Å². The molecule has 21 heavy (non-hydrogen) atoms. The summed E-state index contributed by atoms with van der Waals surface area (Å²) >= 11 is 0. The van der Waals surface area contributed by atoms with Gasteiger partial charge in [-0.2, -0.15) is 13.2 Å². The average Bonchev–Trinajstić information content (AvgIpc) is 2.67.